The van der Waals surface area contributed by atoms with Gasteiger partial charge in [0, 0.05) is 0 Å². The van der Waals surface area contributed by atoms with Gasteiger partial charge in [-0.05, 0) is 38.5 Å². The molecule has 0 radical (unpaired) electrons. The molecule has 8 unspecified atom stereocenters. The third kappa shape index (κ3) is 21.5. The number of hydrogen-bond acceptors (Lipinski definition) is 11. The van der Waals surface area contributed by atoms with Crippen LogP contribution in [0.1, 0.15) is 155 Å². The van der Waals surface area contributed by atoms with Gasteiger partial charge in [-0.15, -0.1) is 0 Å². The van der Waals surface area contributed by atoms with E-state index in [0.29, 0.717) is 12.8 Å². The lowest BCUT2D eigenvalue weighted by Gasteiger charge is -2.41. The number of nitrogens with one attached hydrogen (secondary N) is 1. The summed E-state index contributed by atoms with van der Waals surface area (Å²) in [5, 5.41) is 73.5. The van der Waals surface area contributed by atoms with Crippen molar-refractivity contribution in [3.05, 3.63) is 12.2 Å². The van der Waals surface area contributed by atoms with Gasteiger partial charge in [0.15, 0.2) is 0 Å². The Morgan fingerprint density at radius 2 is 1.10 bits per heavy atom. The molecule has 1 saturated carbocycles. The molecular weight excluding hydrogens is 681 g/mol. The molecule has 0 saturated heterocycles. The van der Waals surface area contributed by atoms with Gasteiger partial charge in [-0.25, -0.2) is 4.57 Å². The number of aliphatic hydroxyl groups excluding tert-OH is 7. The number of phosphoric acid groups is 1. The van der Waals surface area contributed by atoms with Crippen LogP contribution in [0.25, 0.3) is 0 Å². The molecular formula is C37H72NO12P. The molecule has 0 bridgehead atoms. The highest BCUT2D eigenvalue weighted by molar-refractivity contribution is 7.47. The fourth-order valence-corrected chi connectivity index (χ4v) is 7.26. The van der Waals surface area contributed by atoms with Gasteiger partial charge in [-0.2, -0.15) is 0 Å². The third-order valence-corrected chi connectivity index (χ3v) is 10.6. The van der Waals surface area contributed by atoms with Gasteiger partial charge in [0.2, 0.25) is 5.91 Å². The molecule has 0 heterocycles. The Balaban J connectivity index is 2.36. The first kappa shape index (κ1) is 48.1. The van der Waals surface area contributed by atoms with E-state index in [0.717, 1.165) is 57.8 Å². The summed E-state index contributed by atoms with van der Waals surface area (Å²) in [5.74, 6) is -0.577. The zero-order valence-corrected chi connectivity index (χ0v) is 32.2. The van der Waals surface area contributed by atoms with Crippen LogP contribution in [-0.2, 0) is 18.4 Å². The first-order valence-electron chi connectivity index (χ1n) is 19.7. The minimum absolute atomic E-state index is 0.228. The molecule has 1 fully saturated rings. The second-order valence-electron chi connectivity index (χ2n) is 14.3. The van der Waals surface area contributed by atoms with Crippen molar-refractivity contribution in [3.8, 4) is 0 Å². The van der Waals surface area contributed by atoms with Crippen molar-refractivity contribution in [2.45, 2.75) is 210 Å². The summed E-state index contributed by atoms with van der Waals surface area (Å²) in [5.41, 5.74) is 0. The molecule has 0 aromatic heterocycles. The lowest BCUT2D eigenvalue weighted by atomic mass is 9.85. The van der Waals surface area contributed by atoms with E-state index in [1.807, 2.05) is 6.92 Å². The predicted molar refractivity (Wildman–Crippen MR) is 197 cm³/mol. The molecule has 1 rings (SSSR count). The van der Waals surface area contributed by atoms with E-state index < -0.39 is 75.2 Å². The van der Waals surface area contributed by atoms with Crippen LogP contribution in [0.5, 0.6) is 0 Å². The fourth-order valence-electron chi connectivity index (χ4n) is 6.30. The summed E-state index contributed by atoms with van der Waals surface area (Å²) in [4.78, 5) is 23.0. The molecule has 8 atom stereocenters. The normalized spacial score (nSPS) is 25.5. The summed E-state index contributed by atoms with van der Waals surface area (Å²) >= 11 is 0. The smallest absolute Gasteiger partial charge is 0.393 e. The highest BCUT2D eigenvalue weighted by Gasteiger charge is 2.51. The number of amides is 1. The van der Waals surface area contributed by atoms with E-state index in [-0.39, 0.29) is 12.8 Å². The Morgan fingerprint density at radius 3 is 1.63 bits per heavy atom. The summed E-state index contributed by atoms with van der Waals surface area (Å²) in [7, 11) is -5.09. The SMILES string of the molecule is CCCCCCCCCCC/C=C\CCCCCCCC(O)CC(=O)NC(COP(=O)(O)OC1C(O)C(O)C(O)C(O)C1O)C(O)CCCCC. The van der Waals surface area contributed by atoms with Crippen LogP contribution in [0, 0.1) is 0 Å². The second kappa shape index (κ2) is 28.5. The second-order valence-corrected chi connectivity index (χ2v) is 15.7. The van der Waals surface area contributed by atoms with Crippen molar-refractivity contribution in [3.63, 3.8) is 0 Å². The average molecular weight is 754 g/mol. The summed E-state index contributed by atoms with van der Waals surface area (Å²) < 4.78 is 22.5. The quantitative estimate of drug-likeness (QED) is 0.0267. The van der Waals surface area contributed by atoms with E-state index in [9.17, 15) is 50.0 Å². The van der Waals surface area contributed by atoms with Crippen LogP contribution in [0.4, 0.5) is 0 Å². The Bertz CT molecular complexity index is 943. The Labute approximate surface area is 306 Å². The summed E-state index contributed by atoms with van der Waals surface area (Å²) in [6, 6.07) is -1.15. The lowest BCUT2D eigenvalue weighted by molar-refractivity contribution is -0.220. The number of rotatable bonds is 31. The third-order valence-electron chi connectivity index (χ3n) is 9.63. The zero-order chi connectivity index (χ0) is 38.1. The Morgan fingerprint density at radius 1 is 0.667 bits per heavy atom. The molecule has 302 valence electrons. The average Bonchev–Trinajstić information content (AvgIpc) is 3.09. The topological polar surface area (TPSA) is 226 Å². The number of carbonyl (C=O) groups excluding carboxylic acids is 1. The van der Waals surface area contributed by atoms with Gasteiger partial charge < -0.3 is 46.0 Å². The van der Waals surface area contributed by atoms with Crippen molar-refractivity contribution in [1.82, 2.24) is 5.32 Å². The predicted octanol–water partition coefficient (Wildman–Crippen LogP) is 4.69. The van der Waals surface area contributed by atoms with E-state index in [2.05, 4.69) is 24.4 Å². The molecule has 0 spiro atoms. The number of hydrogen-bond donors (Lipinski definition) is 9. The van der Waals surface area contributed by atoms with Crippen molar-refractivity contribution >= 4 is 13.7 Å². The van der Waals surface area contributed by atoms with Gasteiger partial charge in [0.1, 0.15) is 36.6 Å². The zero-order valence-electron chi connectivity index (χ0n) is 31.3. The van der Waals surface area contributed by atoms with Crippen molar-refractivity contribution < 1.29 is 59.0 Å². The van der Waals surface area contributed by atoms with Crippen LogP contribution in [-0.4, -0.2) is 108 Å². The number of carbonyl (C=O) groups is 1. The monoisotopic (exact) mass is 753 g/mol. The lowest BCUT2D eigenvalue weighted by Crippen LogP contribution is -2.64. The summed E-state index contributed by atoms with van der Waals surface area (Å²) in [6.45, 7) is 3.54. The standard InChI is InChI=1S/C37H72NO12P/c1-3-5-7-8-9-10-11-12-13-14-15-16-17-18-19-20-21-23-24-28(39)26-31(41)38-29(30(40)25-22-6-4-2)27-49-51(47,48)50-37-35(45)33(43)32(42)34(44)36(37)46/h15-16,28-30,32-37,39-40,42-46H,3-14,17-27H2,1-2H3,(H,38,41)(H,47,48)/b16-15-. The van der Waals surface area contributed by atoms with Crippen molar-refractivity contribution in [2.24, 2.45) is 0 Å². The first-order valence-corrected chi connectivity index (χ1v) is 21.2. The maximum atomic E-state index is 12.8. The molecule has 14 heteroatoms. The molecule has 51 heavy (non-hydrogen) atoms. The first-order chi connectivity index (χ1) is 24.3. The molecule has 1 aliphatic rings. The van der Waals surface area contributed by atoms with E-state index in [1.54, 1.807) is 0 Å². The van der Waals surface area contributed by atoms with Crippen LogP contribution >= 0.6 is 7.82 Å². The largest absolute Gasteiger partial charge is 0.472 e. The van der Waals surface area contributed by atoms with E-state index in [1.165, 1.54) is 57.8 Å². The van der Waals surface area contributed by atoms with E-state index >= 15 is 0 Å². The number of unbranched alkanes of at least 4 members (excludes halogenated alkanes) is 16. The maximum absolute atomic E-state index is 12.8. The summed E-state index contributed by atoms with van der Waals surface area (Å²) in [6.07, 6.45) is 12.7. The van der Waals surface area contributed by atoms with Gasteiger partial charge in [-0.1, -0.05) is 122 Å². The molecule has 1 aliphatic carbocycles. The molecule has 9 N–H and O–H groups in total. The maximum Gasteiger partial charge on any atom is 0.472 e. The van der Waals surface area contributed by atoms with Crippen LogP contribution in [0.15, 0.2) is 12.2 Å². The van der Waals surface area contributed by atoms with Crippen LogP contribution in [0.3, 0.4) is 0 Å². The fraction of sp³-hybridized carbons (Fsp3) is 0.919. The van der Waals surface area contributed by atoms with Crippen molar-refractivity contribution in [1.29, 1.82) is 0 Å². The number of phosphoric ester groups is 1. The molecule has 0 aromatic rings. The van der Waals surface area contributed by atoms with Gasteiger partial charge >= 0.3 is 7.82 Å². The van der Waals surface area contributed by atoms with E-state index in [4.69, 9.17) is 9.05 Å². The van der Waals surface area contributed by atoms with Crippen LogP contribution < -0.4 is 5.32 Å². The minimum atomic E-state index is -5.09. The van der Waals surface area contributed by atoms with Crippen molar-refractivity contribution in [2.75, 3.05) is 6.61 Å². The Hall–Kier alpha value is -0.960. The Kier molecular flexibility index (Phi) is 26.8. The van der Waals surface area contributed by atoms with Gasteiger partial charge in [0.05, 0.1) is 31.3 Å². The number of aliphatic hydroxyl groups is 7. The molecule has 1 amide bonds. The van der Waals surface area contributed by atoms with Gasteiger partial charge in [0.25, 0.3) is 0 Å². The molecule has 0 aromatic carbocycles. The minimum Gasteiger partial charge on any atom is -0.393 e. The molecule has 13 nitrogen and oxygen atoms in total. The highest BCUT2D eigenvalue weighted by atomic mass is 31.2. The highest BCUT2D eigenvalue weighted by Crippen LogP contribution is 2.47. The van der Waals surface area contributed by atoms with Crippen LogP contribution in [0.2, 0.25) is 0 Å². The van der Waals surface area contributed by atoms with Gasteiger partial charge in [-0.3, -0.25) is 13.8 Å². The molecule has 0 aliphatic heterocycles. The number of allylic oxidation sites excluding steroid dienone is 2.